The molecule has 3 nitrogen and oxygen atoms in total. The van der Waals surface area contributed by atoms with Crippen molar-refractivity contribution in [1.29, 1.82) is 0 Å². The molecule has 0 aliphatic carbocycles. The summed E-state index contributed by atoms with van der Waals surface area (Å²) >= 11 is 1.66. The van der Waals surface area contributed by atoms with E-state index in [2.05, 4.69) is 24.3 Å². The van der Waals surface area contributed by atoms with E-state index in [0.29, 0.717) is 5.39 Å². The van der Waals surface area contributed by atoms with Crippen LogP contribution < -0.4 is 5.56 Å². The Morgan fingerprint density at radius 3 is 2.31 bits per heavy atom. The molecular weight excluding hydrogens is 376 g/mol. The zero-order valence-corrected chi connectivity index (χ0v) is 17.6. The van der Waals surface area contributed by atoms with Gasteiger partial charge in [-0.3, -0.25) is 9.36 Å². The fourth-order valence-corrected chi connectivity index (χ4v) is 4.59. The van der Waals surface area contributed by atoms with Crippen molar-refractivity contribution in [2.75, 3.05) is 5.75 Å². The topological polar surface area (TPSA) is 34.9 Å². The standard InChI is InChI=1S/C25H24N2OS/c1-18-10-8-11-19(2)23(18)27-24(28)21-15-6-7-16-22(21)26-25(27)29-17-9-14-20-12-4-3-5-13-20/h3-8,10-13,15-16H,9,14,17H2,1-2H3. The van der Waals surface area contributed by atoms with Crippen LogP contribution >= 0.6 is 11.8 Å². The molecule has 0 N–H and O–H groups in total. The minimum absolute atomic E-state index is 0.00133. The lowest BCUT2D eigenvalue weighted by Gasteiger charge is -2.17. The highest BCUT2D eigenvalue weighted by atomic mass is 32.2. The summed E-state index contributed by atoms with van der Waals surface area (Å²) in [4.78, 5) is 18.3. The van der Waals surface area contributed by atoms with E-state index in [1.165, 1.54) is 5.56 Å². The van der Waals surface area contributed by atoms with Gasteiger partial charge >= 0.3 is 0 Å². The third kappa shape index (κ3) is 4.13. The highest BCUT2D eigenvalue weighted by molar-refractivity contribution is 7.99. The molecule has 1 heterocycles. The first-order chi connectivity index (χ1) is 14.1. The summed E-state index contributed by atoms with van der Waals surface area (Å²) in [6, 6.07) is 24.2. The molecule has 0 saturated carbocycles. The lowest BCUT2D eigenvalue weighted by molar-refractivity contribution is 0.806. The zero-order chi connectivity index (χ0) is 20.2. The summed E-state index contributed by atoms with van der Waals surface area (Å²) in [5, 5.41) is 1.42. The van der Waals surface area contributed by atoms with E-state index in [0.717, 1.165) is 46.1 Å². The zero-order valence-electron chi connectivity index (χ0n) is 16.8. The normalized spacial score (nSPS) is 11.1. The maximum absolute atomic E-state index is 13.4. The van der Waals surface area contributed by atoms with Gasteiger partial charge in [0.1, 0.15) is 0 Å². The van der Waals surface area contributed by atoms with Crippen molar-refractivity contribution in [1.82, 2.24) is 9.55 Å². The van der Waals surface area contributed by atoms with E-state index in [1.54, 1.807) is 16.3 Å². The van der Waals surface area contributed by atoms with Crippen molar-refractivity contribution in [2.24, 2.45) is 0 Å². The fourth-order valence-electron chi connectivity index (χ4n) is 3.65. The second-order valence-corrected chi connectivity index (χ2v) is 8.29. The van der Waals surface area contributed by atoms with Crippen LogP contribution in [0.15, 0.2) is 82.7 Å². The first-order valence-corrected chi connectivity index (χ1v) is 10.9. The molecule has 0 aliphatic heterocycles. The number of fused-ring (bicyclic) bond motifs is 1. The second kappa shape index (κ2) is 8.66. The Morgan fingerprint density at radius 2 is 1.55 bits per heavy atom. The molecule has 0 aliphatic rings. The largest absolute Gasteiger partial charge is 0.268 e. The summed E-state index contributed by atoms with van der Waals surface area (Å²) in [7, 11) is 0. The number of hydrogen-bond donors (Lipinski definition) is 0. The molecule has 0 spiro atoms. The number of thioether (sulfide) groups is 1. The molecule has 4 aromatic rings. The monoisotopic (exact) mass is 400 g/mol. The number of aryl methyl sites for hydroxylation is 3. The van der Waals surface area contributed by atoms with Crippen molar-refractivity contribution in [3.63, 3.8) is 0 Å². The van der Waals surface area contributed by atoms with Gasteiger partial charge in [-0.25, -0.2) is 4.98 Å². The molecule has 29 heavy (non-hydrogen) atoms. The Labute approximate surface area is 175 Å². The van der Waals surface area contributed by atoms with Gasteiger partial charge in [-0.15, -0.1) is 0 Å². The van der Waals surface area contributed by atoms with Gasteiger partial charge in [-0.1, -0.05) is 72.4 Å². The van der Waals surface area contributed by atoms with Crippen LogP contribution in [0.2, 0.25) is 0 Å². The number of benzene rings is 3. The van der Waals surface area contributed by atoms with Crippen LogP contribution in [-0.2, 0) is 6.42 Å². The molecule has 0 bridgehead atoms. The molecule has 0 atom stereocenters. The number of nitrogens with zero attached hydrogens (tertiary/aromatic N) is 2. The van der Waals surface area contributed by atoms with Gasteiger partial charge in [-0.05, 0) is 55.5 Å². The average Bonchev–Trinajstić information content (AvgIpc) is 2.74. The third-order valence-corrected chi connectivity index (χ3v) is 6.12. The number of aromatic nitrogens is 2. The first-order valence-electron chi connectivity index (χ1n) is 9.90. The predicted octanol–water partition coefficient (Wildman–Crippen LogP) is 5.73. The molecule has 3 aromatic carbocycles. The molecule has 0 amide bonds. The van der Waals surface area contributed by atoms with Crippen molar-refractivity contribution in [3.8, 4) is 5.69 Å². The van der Waals surface area contributed by atoms with Gasteiger partial charge in [0.2, 0.25) is 0 Å². The van der Waals surface area contributed by atoms with Gasteiger partial charge in [0, 0.05) is 5.75 Å². The van der Waals surface area contributed by atoms with Crippen LogP contribution in [-0.4, -0.2) is 15.3 Å². The summed E-state index contributed by atoms with van der Waals surface area (Å²) in [5.74, 6) is 0.907. The Morgan fingerprint density at radius 1 is 0.862 bits per heavy atom. The van der Waals surface area contributed by atoms with Crippen molar-refractivity contribution < 1.29 is 0 Å². The number of para-hydroxylation sites is 2. The number of hydrogen-bond acceptors (Lipinski definition) is 3. The SMILES string of the molecule is Cc1cccc(C)c1-n1c(SCCCc2ccccc2)nc2ccccc2c1=O. The van der Waals surface area contributed by atoms with E-state index in [4.69, 9.17) is 4.98 Å². The first kappa shape index (κ1) is 19.5. The van der Waals surface area contributed by atoms with Crippen molar-refractivity contribution in [3.05, 3.63) is 99.8 Å². The van der Waals surface area contributed by atoms with Crippen LogP contribution in [0.4, 0.5) is 0 Å². The highest BCUT2D eigenvalue weighted by Gasteiger charge is 2.16. The predicted molar refractivity (Wildman–Crippen MR) is 122 cm³/mol. The summed E-state index contributed by atoms with van der Waals surface area (Å²) < 4.78 is 1.81. The van der Waals surface area contributed by atoms with Crippen LogP contribution in [0.3, 0.4) is 0 Å². The molecule has 0 saturated heterocycles. The summed E-state index contributed by atoms with van der Waals surface area (Å²) in [6.07, 6.45) is 2.05. The smallest absolute Gasteiger partial charge is 0.266 e. The molecule has 0 radical (unpaired) electrons. The van der Waals surface area contributed by atoms with E-state index >= 15 is 0 Å². The lowest BCUT2D eigenvalue weighted by Crippen LogP contribution is -2.23. The quantitative estimate of drug-likeness (QED) is 0.236. The molecule has 4 rings (SSSR count). The van der Waals surface area contributed by atoms with Gasteiger partial charge in [0.05, 0.1) is 16.6 Å². The van der Waals surface area contributed by atoms with E-state index in [9.17, 15) is 4.79 Å². The maximum Gasteiger partial charge on any atom is 0.266 e. The average molecular weight is 401 g/mol. The number of rotatable bonds is 6. The van der Waals surface area contributed by atoms with Crippen LogP contribution in [0.1, 0.15) is 23.1 Å². The molecule has 0 unspecified atom stereocenters. The Balaban J connectivity index is 1.71. The maximum atomic E-state index is 13.4. The van der Waals surface area contributed by atoms with Crippen molar-refractivity contribution >= 4 is 22.7 Å². The minimum atomic E-state index is -0.00133. The van der Waals surface area contributed by atoms with Crippen LogP contribution in [0.25, 0.3) is 16.6 Å². The van der Waals surface area contributed by atoms with Crippen molar-refractivity contribution in [2.45, 2.75) is 31.8 Å². The molecular formula is C25H24N2OS. The minimum Gasteiger partial charge on any atom is -0.268 e. The van der Waals surface area contributed by atoms with E-state index in [1.807, 2.05) is 62.4 Å². The molecule has 0 fully saturated rings. The highest BCUT2D eigenvalue weighted by Crippen LogP contribution is 2.26. The van der Waals surface area contributed by atoms with Gasteiger partial charge in [0.15, 0.2) is 5.16 Å². The van der Waals surface area contributed by atoms with Crippen LogP contribution in [0.5, 0.6) is 0 Å². The Kier molecular flexibility index (Phi) is 5.81. The third-order valence-electron chi connectivity index (χ3n) is 5.09. The lowest BCUT2D eigenvalue weighted by atomic mass is 10.1. The molecule has 4 heteroatoms. The molecule has 1 aromatic heterocycles. The van der Waals surface area contributed by atoms with E-state index in [-0.39, 0.29) is 5.56 Å². The Hall–Kier alpha value is -2.85. The fraction of sp³-hybridized carbons (Fsp3) is 0.200. The second-order valence-electron chi connectivity index (χ2n) is 7.23. The van der Waals surface area contributed by atoms with Gasteiger partial charge in [-0.2, -0.15) is 0 Å². The van der Waals surface area contributed by atoms with Gasteiger partial charge < -0.3 is 0 Å². The van der Waals surface area contributed by atoms with Gasteiger partial charge in [0.25, 0.3) is 5.56 Å². The summed E-state index contributed by atoms with van der Waals surface area (Å²) in [5.41, 5.74) is 5.20. The molecule has 146 valence electrons. The Bertz CT molecular complexity index is 1180. The van der Waals surface area contributed by atoms with Crippen LogP contribution in [0, 0.1) is 13.8 Å². The van der Waals surface area contributed by atoms with E-state index < -0.39 is 0 Å². The summed E-state index contributed by atoms with van der Waals surface area (Å²) in [6.45, 7) is 4.10.